The number of anilines is 2. The van der Waals surface area contributed by atoms with Crippen LogP contribution in [0.15, 0.2) is 94.4 Å². The molecule has 12 nitrogen and oxygen atoms in total. The minimum atomic E-state index is -4.91. The van der Waals surface area contributed by atoms with Crippen LogP contribution in [0.5, 0.6) is 46.0 Å². The maximum absolute atomic E-state index is 14.8. The zero-order valence-electron chi connectivity index (χ0n) is 34.2. The summed E-state index contributed by atoms with van der Waals surface area (Å²) < 4.78 is 133. The Kier molecular flexibility index (Phi) is 18.7. The summed E-state index contributed by atoms with van der Waals surface area (Å²) in [6.45, 7) is 3.62. The lowest BCUT2D eigenvalue weighted by Gasteiger charge is -2.16. The first-order valence-corrected chi connectivity index (χ1v) is 20.7. The standard InChI is InChI=1S/C21H14BrClF4N2O4.C15H8Cl2F4O4.C6H7BrN2/c1-10-9-28-18(22)8-14(10)29-20(30)19-13(24)5-11(23)6-17(19)32-15-4-3-12(7-16(15)31-2)33-21(25,26)27;1-23-11-6-8(25-15(19,20)21)2-3-10(11)24-12-5-7(16)4-9(18)13(12)14(17)22;1-4-3-9-6(7)2-5(4)8/h3-9H,1-2H3,(H,28,29,30);2-6H,1H3;2-3H,1H3,(H2,8,9). The number of nitrogens with one attached hydrogen (secondary N) is 1. The van der Waals surface area contributed by atoms with E-state index in [1.807, 2.05) is 6.92 Å². The first kappa shape index (κ1) is 53.8. The minimum Gasteiger partial charge on any atom is -0.493 e. The van der Waals surface area contributed by atoms with Crippen molar-refractivity contribution in [3.8, 4) is 46.0 Å². The Labute approximate surface area is 406 Å². The molecule has 2 heterocycles. The number of carbonyl (C=O) groups is 2. The van der Waals surface area contributed by atoms with E-state index >= 15 is 0 Å². The Bertz CT molecular complexity index is 2780. The van der Waals surface area contributed by atoms with E-state index in [4.69, 9.17) is 59.5 Å². The average molecular weight is 1140 g/mol. The van der Waals surface area contributed by atoms with Crippen LogP contribution >= 0.6 is 66.7 Å². The molecule has 1 amide bonds. The van der Waals surface area contributed by atoms with Crippen LogP contribution in [-0.2, 0) is 0 Å². The summed E-state index contributed by atoms with van der Waals surface area (Å²) in [6, 6.07) is 13.4. The molecule has 0 spiro atoms. The number of nitrogens with zero attached hydrogens (tertiary/aromatic N) is 2. The normalized spacial score (nSPS) is 10.9. The summed E-state index contributed by atoms with van der Waals surface area (Å²) in [5, 5.41) is 1.28. The van der Waals surface area contributed by atoms with Crippen molar-refractivity contribution in [1.29, 1.82) is 0 Å². The van der Waals surface area contributed by atoms with Gasteiger partial charge in [0.25, 0.3) is 11.1 Å². The number of ether oxygens (including phenoxy) is 6. The number of carbonyl (C=O) groups excluding carboxylic acids is 2. The zero-order valence-corrected chi connectivity index (χ0v) is 39.7. The van der Waals surface area contributed by atoms with Crippen molar-refractivity contribution in [3.63, 3.8) is 0 Å². The quantitative estimate of drug-likeness (QED) is 0.0724. The Balaban J connectivity index is 0.000000253. The number of aryl methyl sites for hydroxylation is 2. The highest BCUT2D eigenvalue weighted by Gasteiger charge is 2.33. The first-order chi connectivity index (χ1) is 31.3. The molecule has 3 N–H and O–H groups in total. The van der Waals surface area contributed by atoms with Gasteiger partial charge in [0.2, 0.25) is 0 Å². The van der Waals surface area contributed by atoms with E-state index in [9.17, 15) is 44.7 Å². The van der Waals surface area contributed by atoms with Gasteiger partial charge in [-0.05, 0) is 117 Å². The van der Waals surface area contributed by atoms with E-state index < -0.39 is 58.1 Å². The molecular formula is C42H29Br2Cl3F8N4O8. The predicted molar refractivity (Wildman–Crippen MR) is 238 cm³/mol. The molecule has 2 aromatic heterocycles. The van der Waals surface area contributed by atoms with Crippen molar-refractivity contribution >= 4 is 89.2 Å². The Hall–Kier alpha value is -5.81. The van der Waals surface area contributed by atoms with Crippen LogP contribution < -0.4 is 39.5 Å². The van der Waals surface area contributed by atoms with Crippen molar-refractivity contribution in [2.45, 2.75) is 26.6 Å². The molecule has 0 unspecified atom stereocenters. The molecule has 25 heteroatoms. The molecule has 4 aromatic carbocycles. The third-order valence-electron chi connectivity index (χ3n) is 8.07. The van der Waals surface area contributed by atoms with Gasteiger partial charge in [-0.15, -0.1) is 26.3 Å². The molecular weight excluding hydrogens is 1110 g/mol. The highest BCUT2D eigenvalue weighted by atomic mass is 79.9. The molecule has 67 heavy (non-hydrogen) atoms. The van der Waals surface area contributed by atoms with Crippen molar-refractivity contribution in [1.82, 2.24) is 9.97 Å². The second kappa shape index (κ2) is 23.3. The number of amides is 1. The van der Waals surface area contributed by atoms with Crippen LogP contribution in [0.2, 0.25) is 10.0 Å². The maximum Gasteiger partial charge on any atom is 0.573 e. The van der Waals surface area contributed by atoms with Crippen molar-refractivity contribution in [2.75, 3.05) is 25.3 Å². The number of benzene rings is 4. The summed E-state index contributed by atoms with van der Waals surface area (Å²) in [5.41, 5.74) is 7.26. The molecule has 0 aliphatic rings. The Morgan fingerprint density at radius 1 is 0.627 bits per heavy atom. The fourth-order valence-electron chi connectivity index (χ4n) is 5.10. The SMILES string of the molecule is COc1cc(OC(F)(F)F)ccc1Oc1cc(Cl)cc(F)c1C(=O)Cl.COc1cc(OC(F)(F)F)ccc1Oc1cc(Cl)cc(F)c1C(=O)Nc1cc(Br)ncc1C.Cc1cnc(Br)cc1N. The van der Waals surface area contributed by atoms with Crippen molar-refractivity contribution in [3.05, 3.63) is 138 Å². The number of rotatable bonds is 11. The summed E-state index contributed by atoms with van der Waals surface area (Å²) in [7, 11) is 2.36. The second-order valence-electron chi connectivity index (χ2n) is 12.9. The average Bonchev–Trinajstić information content (AvgIpc) is 3.20. The monoisotopic (exact) mass is 1130 g/mol. The minimum absolute atomic E-state index is 0.0714. The molecule has 6 rings (SSSR count). The number of halogens is 13. The van der Waals surface area contributed by atoms with Crippen LogP contribution in [0.1, 0.15) is 31.8 Å². The van der Waals surface area contributed by atoms with Crippen molar-refractivity contribution in [2.24, 2.45) is 0 Å². The molecule has 6 aromatic rings. The molecule has 0 aliphatic heterocycles. The molecule has 0 bridgehead atoms. The first-order valence-electron chi connectivity index (χ1n) is 18.0. The van der Waals surface area contributed by atoms with Gasteiger partial charge < -0.3 is 39.5 Å². The van der Waals surface area contributed by atoms with Gasteiger partial charge in [0.15, 0.2) is 23.0 Å². The second-order valence-corrected chi connectivity index (χ2v) is 15.7. The lowest BCUT2D eigenvalue weighted by atomic mass is 10.1. The third kappa shape index (κ3) is 16.2. The van der Waals surface area contributed by atoms with Crippen LogP contribution in [0.3, 0.4) is 0 Å². The van der Waals surface area contributed by atoms with E-state index in [1.54, 1.807) is 19.2 Å². The zero-order chi connectivity index (χ0) is 50.0. The van der Waals surface area contributed by atoms with E-state index in [2.05, 4.69) is 56.6 Å². The van der Waals surface area contributed by atoms with Crippen LogP contribution in [0, 0.1) is 25.5 Å². The highest BCUT2D eigenvalue weighted by Crippen LogP contribution is 2.41. The number of hydrogen-bond donors (Lipinski definition) is 2. The van der Waals surface area contributed by atoms with Gasteiger partial charge in [-0.1, -0.05) is 23.2 Å². The molecule has 0 radical (unpaired) electrons. The number of aromatic nitrogens is 2. The van der Waals surface area contributed by atoms with E-state index in [-0.39, 0.29) is 44.5 Å². The highest BCUT2D eigenvalue weighted by molar-refractivity contribution is 9.10. The van der Waals surface area contributed by atoms with Gasteiger partial charge in [-0.2, -0.15) is 0 Å². The van der Waals surface area contributed by atoms with Crippen LogP contribution in [-0.4, -0.2) is 48.1 Å². The van der Waals surface area contributed by atoms with Gasteiger partial charge in [-0.25, -0.2) is 18.7 Å². The lowest BCUT2D eigenvalue weighted by Crippen LogP contribution is -2.17. The Morgan fingerprint density at radius 2 is 1.06 bits per heavy atom. The number of hydrogen-bond acceptors (Lipinski definition) is 11. The maximum atomic E-state index is 14.8. The number of nitrogen functional groups attached to an aromatic ring is 1. The molecule has 0 saturated heterocycles. The fraction of sp³-hybridized carbons (Fsp3) is 0.143. The summed E-state index contributed by atoms with van der Waals surface area (Å²) in [6.07, 6.45) is -6.55. The summed E-state index contributed by atoms with van der Waals surface area (Å²) in [5.74, 6) is -5.09. The Morgan fingerprint density at radius 3 is 1.48 bits per heavy atom. The van der Waals surface area contributed by atoms with Gasteiger partial charge in [0.1, 0.15) is 55.0 Å². The number of nitrogens with two attached hydrogens (primary N) is 1. The largest absolute Gasteiger partial charge is 0.573 e. The fourth-order valence-corrected chi connectivity index (χ4v) is 6.35. The van der Waals surface area contributed by atoms with Crippen molar-refractivity contribution < 1.29 is 73.1 Å². The van der Waals surface area contributed by atoms with Gasteiger partial charge in [0, 0.05) is 58.1 Å². The third-order valence-corrected chi connectivity index (χ3v) is 9.56. The molecule has 0 saturated carbocycles. The number of alkyl halides is 6. The van der Waals surface area contributed by atoms with Crippen LogP contribution in [0.25, 0.3) is 0 Å². The summed E-state index contributed by atoms with van der Waals surface area (Å²) >= 11 is 23.4. The van der Waals surface area contributed by atoms with E-state index in [0.29, 0.717) is 15.9 Å². The smallest absolute Gasteiger partial charge is 0.493 e. The van der Waals surface area contributed by atoms with Gasteiger partial charge in [-0.3, -0.25) is 9.59 Å². The van der Waals surface area contributed by atoms with Gasteiger partial charge >= 0.3 is 12.7 Å². The van der Waals surface area contributed by atoms with Crippen LogP contribution in [0.4, 0.5) is 46.5 Å². The summed E-state index contributed by atoms with van der Waals surface area (Å²) in [4.78, 5) is 32.3. The molecule has 0 atom stereocenters. The molecule has 0 fully saturated rings. The lowest BCUT2D eigenvalue weighted by molar-refractivity contribution is -0.275. The number of methoxy groups -OCH3 is 2. The topological polar surface area (TPSA) is 153 Å². The number of pyridine rings is 2. The van der Waals surface area contributed by atoms with E-state index in [0.717, 1.165) is 70.5 Å². The van der Waals surface area contributed by atoms with Gasteiger partial charge in [0.05, 0.1) is 14.2 Å². The molecule has 0 aliphatic carbocycles. The predicted octanol–water partition coefficient (Wildman–Crippen LogP) is 14.2. The van der Waals surface area contributed by atoms with E-state index in [1.165, 1.54) is 32.5 Å². The molecule has 356 valence electrons.